The minimum Gasteiger partial charge on any atom is -0.354 e. The fourth-order valence-electron chi connectivity index (χ4n) is 4.30. The summed E-state index contributed by atoms with van der Waals surface area (Å²) in [6.07, 6.45) is 2.73. The van der Waals surface area contributed by atoms with E-state index >= 15 is 0 Å². The van der Waals surface area contributed by atoms with Crippen molar-refractivity contribution in [1.82, 2.24) is 10.2 Å². The normalized spacial score (nSPS) is 11.8. The van der Waals surface area contributed by atoms with Gasteiger partial charge in [-0.25, -0.2) is 0 Å². The maximum absolute atomic E-state index is 13.9. The molecule has 0 saturated carbocycles. The van der Waals surface area contributed by atoms with Crippen LogP contribution in [0.15, 0.2) is 84.9 Å². The van der Waals surface area contributed by atoms with Crippen LogP contribution in [0.5, 0.6) is 0 Å². The third-order valence-corrected chi connectivity index (χ3v) is 6.52. The number of nitrogens with zero attached hydrogens (tertiary/aromatic N) is 1. The number of amides is 2. The zero-order valence-electron chi connectivity index (χ0n) is 20.6. The summed E-state index contributed by atoms with van der Waals surface area (Å²) in [7, 11) is 0. The lowest BCUT2D eigenvalue weighted by Crippen LogP contribution is -2.49. The van der Waals surface area contributed by atoms with Crippen LogP contribution in [-0.4, -0.2) is 29.3 Å². The second kappa shape index (κ2) is 13.7. The Balaban J connectivity index is 1.91. The predicted octanol–water partition coefficient (Wildman–Crippen LogP) is 6.59. The average molecular weight is 491 g/mol. The Labute approximate surface area is 214 Å². The van der Waals surface area contributed by atoms with E-state index < -0.39 is 6.04 Å². The molecule has 0 heterocycles. The minimum absolute atomic E-state index is 0.0462. The van der Waals surface area contributed by atoms with Gasteiger partial charge in [0.1, 0.15) is 6.04 Å². The summed E-state index contributed by atoms with van der Waals surface area (Å²) in [6, 6.07) is 27.1. The SMILES string of the molecule is CCCCNC(=O)[C@H](CC)N(Cc1ccc(Cl)cc1)C(=O)CC(c1ccccc1)c1ccccc1. The van der Waals surface area contributed by atoms with Crippen molar-refractivity contribution in [3.63, 3.8) is 0 Å². The molecule has 4 nitrogen and oxygen atoms in total. The van der Waals surface area contributed by atoms with E-state index in [1.54, 1.807) is 4.90 Å². The lowest BCUT2D eigenvalue weighted by atomic mass is 9.88. The van der Waals surface area contributed by atoms with Crippen molar-refractivity contribution in [2.75, 3.05) is 6.54 Å². The fraction of sp³-hybridized carbons (Fsp3) is 0.333. The maximum atomic E-state index is 13.9. The van der Waals surface area contributed by atoms with Crippen LogP contribution in [0.4, 0.5) is 0 Å². The minimum atomic E-state index is -0.540. The van der Waals surface area contributed by atoms with E-state index in [0.29, 0.717) is 24.5 Å². The lowest BCUT2D eigenvalue weighted by Gasteiger charge is -2.32. The third kappa shape index (κ3) is 7.69. The number of unbranched alkanes of at least 4 members (excludes halogenated alkanes) is 1. The Bertz CT molecular complexity index is 1020. The molecule has 0 fully saturated rings. The molecule has 0 aliphatic carbocycles. The molecule has 184 valence electrons. The Morgan fingerprint density at radius 2 is 1.43 bits per heavy atom. The van der Waals surface area contributed by atoms with Gasteiger partial charge in [-0.05, 0) is 41.7 Å². The summed E-state index contributed by atoms with van der Waals surface area (Å²) >= 11 is 6.08. The molecule has 1 atom stereocenters. The lowest BCUT2D eigenvalue weighted by molar-refractivity contribution is -0.141. The Morgan fingerprint density at radius 1 is 0.857 bits per heavy atom. The second-order valence-corrected chi connectivity index (χ2v) is 9.23. The Hall–Kier alpha value is -3.11. The average Bonchev–Trinajstić information content (AvgIpc) is 2.89. The number of halogens is 1. The molecule has 0 unspecified atom stereocenters. The first-order valence-electron chi connectivity index (χ1n) is 12.4. The maximum Gasteiger partial charge on any atom is 0.242 e. The molecule has 3 rings (SSSR count). The fourth-order valence-corrected chi connectivity index (χ4v) is 4.43. The van der Waals surface area contributed by atoms with Crippen molar-refractivity contribution in [2.45, 2.75) is 58.0 Å². The van der Waals surface area contributed by atoms with Crippen LogP contribution in [0.2, 0.25) is 5.02 Å². The highest BCUT2D eigenvalue weighted by molar-refractivity contribution is 6.30. The van der Waals surface area contributed by atoms with Gasteiger partial charge < -0.3 is 10.2 Å². The van der Waals surface area contributed by atoms with Gasteiger partial charge >= 0.3 is 0 Å². The van der Waals surface area contributed by atoms with E-state index in [-0.39, 0.29) is 24.2 Å². The molecule has 3 aromatic rings. The molecule has 0 saturated heterocycles. The van der Waals surface area contributed by atoms with E-state index in [1.165, 1.54) is 0 Å². The topological polar surface area (TPSA) is 49.4 Å². The zero-order valence-corrected chi connectivity index (χ0v) is 21.4. The van der Waals surface area contributed by atoms with Gasteiger partial charge in [0.2, 0.25) is 11.8 Å². The molecule has 1 N–H and O–H groups in total. The number of benzene rings is 3. The van der Waals surface area contributed by atoms with E-state index in [2.05, 4.69) is 36.5 Å². The summed E-state index contributed by atoms with van der Waals surface area (Å²) in [5.74, 6) is -0.243. The molecule has 3 aromatic carbocycles. The molecule has 0 bridgehead atoms. The van der Waals surface area contributed by atoms with Crippen molar-refractivity contribution in [1.29, 1.82) is 0 Å². The summed E-state index contributed by atoms with van der Waals surface area (Å²) < 4.78 is 0. The van der Waals surface area contributed by atoms with Gasteiger partial charge in [0.05, 0.1) is 0 Å². The predicted molar refractivity (Wildman–Crippen MR) is 143 cm³/mol. The molecule has 0 spiro atoms. The molecule has 5 heteroatoms. The number of rotatable bonds is 12. The summed E-state index contributed by atoms with van der Waals surface area (Å²) in [5, 5.41) is 3.67. The first kappa shape index (κ1) is 26.5. The molecular formula is C30H35ClN2O2. The van der Waals surface area contributed by atoms with Crippen LogP contribution in [0.25, 0.3) is 0 Å². The van der Waals surface area contributed by atoms with E-state index in [0.717, 1.165) is 29.5 Å². The van der Waals surface area contributed by atoms with Gasteiger partial charge in [-0.15, -0.1) is 0 Å². The van der Waals surface area contributed by atoms with Crippen LogP contribution >= 0.6 is 11.6 Å². The number of hydrogen-bond donors (Lipinski definition) is 1. The summed E-state index contributed by atoms with van der Waals surface area (Å²) in [5.41, 5.74) is 3.11. The number of carbonyl (C=O) groups is 2. The highest BCUT2D eigenvalue weighted by Gasteiger charge is 2.30. The first-order chi connectivity index (χ1) is 17.0. The van der Waals surface area contributed by atoms with Crippen molar-refractivity contribution in [3.8, 4) is 0 Å². The van der Waals surface area contributed by atoms with E-state index in [4.69, 9.17) is 11.6 Å². The molecule has 0 aromatic heterocycles. The van der Waals surface area contributed by atoms with E-state index in [1.807, 2.05) is 67.6 Å². The largest absolute Gasteiger partial charge is 0.354 e. The zero-order chi connectivity index (χ0) is 25.0. The quantitative estimate of drug-likeness (QED) is 0.291. The standard InChI is InChI=1S/C30H35ClN2O2/c1-3-5-20-32-30(35)28(4-2)33(22-23-16-18-26(31)19-17-23)29(34)21-27(24-12-8-6-9-13-24)25-14-10-7-11-15-25/h6-19,27-28H,3-5,20-22H2,1-2H3,(H,32,35)/t28-/m0/s1. The summed E-state index contributed by atoms with van der Waals surface area (Å²) in [6.45, 7) is 5.02. The first-order valence-corrected chi connectivity index (χ1v) is 12.8. The molecular weight excluding hydrogens is 456 g/mol. The number of carbonyl (C=O) groups excluding carboxylic acids is 2. The molecule has 0 radical (unpaired) electrons. The van der Waals surface area contributed by atoms with Crippen molar-refractivity contribution >= 4 is 23.4 Å². The van der Waals surface area contributed by atoms with Crippen molar-refractivity contribution in [2.24, 2.45) is 0 Å². The van der Waals surface area contributed by atoms with Gasteiger partial charge in [-0.3, -0.25) is 9.59 Å². The van der Waals surface area contributed by atoms with Crippen molar-refractivity contribution < 1.29 is 9.59 Å². The third-order valence-electron chi connectivity index (χ3n) is 6.26. The highest BCUT2D eigenvalue weighted by Crippen LogP contribution is 2.29. The van der Waals surface area contributed by atoms with Crippen LogP contribution in [0.3, 0.4) is 0 Å². The molecule has 0 aliphatic heterocycles. The van der Waals surface area contributed by atoms with Crippen LogP contribution < -0.4 is 5.32 Å². The van der Waals surface area contributed by atoms with Gasteiger partial charge in [0.15, 0.2) is 0 Å². The van der Waals surface area contributed by atoms with Gasteiger partial charge in [-0.2, -0.15) is 0 Å². The highest BCUT2D eigenvalue weighted by atomic mass is 35.5. The van der Waals surface area contributed by atoms with Gasteiger partial charge in [0, 0.05) is 30.5 Å². The Kier molecular flexibility index (Phi) is 10.4. The van der Waals surface area contributed by atoms with Crippen molar-refractivity contribution in [3.05, 3.63) is 107 Å². The molecule has 35 heavy (non-hydrogen) atoms. The monoisotopic (exact) mass is 490 g/mol. The summed E-state index contributed by atoms with van der Waals surface area (Å²) in [4.78, 5) is 28.8. The van der Waals surface area contributed by atoms with Crippen LogP contribution in [0, 0.1) is 0 Å². The second-order valence-electron chi connectivity index (χ2n) is 8.79. The van der Waals surface area contributed by atoms with Crippen LogP contribution in [-0.2, 0) is 16.1 Å². The smallest absolute Gasteiger partial charge is 0.242 e. The molecule has 2 amide bonds. The Morgan fingerprint density at radius 3 is 1.94 bits per heavy atom. The van der Waals surface area contributed by atoms with Gasteiger partial charge in [-0.1, -0.05) is 105 Å². The number of hydrogen-bond acceptors (Lipinski definition) is 2. The van der Waals surface area contributed by atoms with Gasteiger partial charge in [0.25, 0.3) is 0 Å². The van der Waals surface area contributed by atoms with Crippen LogP contribution in [0.1, 0.15) is 62.1 Å². The number of nitrogens with one attached hydrogen (secondary N) is 1. The van der Waals surface area contributed by atoms with E-state index in [9.17, 15) is 9.59 Å². The molecule has 0 aliphatic rings.